The van der Waals surface area contributed by atoms with Crippen molar-refractivity contribution in [2.45, 2.75) is 6.42 Å². The number of amides is 3. The number of hydrogen-bond acceptors (Lipinski definition) is 4. The molecule has 1 aromatic rings. The number of likely N-dealkylation sites (N-methyl/N-ethyl adjacent to an activating group) is 1. The second-order valence-corrected chi connectivity index (χ2v) is 4.62. The summed E-state index contributed by atoms with van der Waals surface area (Å²) in [6.07, 6.45) is 1.70. The molecular weight excluding hydrogens is 262 g/mol. The molecule has 0 atom stereocenters. The van der Waals surface area contributed by atoms with E-state index in [0.29, 0.717) is 26.1 Å². The van der Waals surface area contributed by atoms with E-state index in [1.807, 2.05) is 0 Å². The van der Waals surface area contributed by atoms with Crippen LogP contribution in [0.15, 0.2) is 22.8 Å². The first-order valence-corrected chi connectivity index (χ1v) is 6.41. The number of carbonyl (C=O) groups excluding carboxylic acids is 3. The van der Waals surface area contributed by atoms with Crippen LogP contribution in [0.5, 0.6) is 0 Å². The highest BCUT2D eigenvalue weighted by Gasteiger charge is 2.22. The Kier molecular flexibility index (Phi) is 4.39. The molecule has 0 aromatic carbocycles. The molecule has 1 aliphatic rings. The summed E-state index contributed by atoms with van der Waals surface area (Å²) in [5, 5.41) is 2.70. The van der Waals surface area contributed by atoms with Crippen LogP contribution in [0.4, 0.5) is 0 Å². The van der Waals surface area contributed by atoms with E-state index >= 15 is 0 Å². The molecule has 1 N–H and O–H groups in total. The van der Waals surface area contributed by atoms with Crippen molar-refractivity contribution in [1.82, 2.24) is 15.1 Å². The number of nitrogens with zero attached hydrogens (tertiary/aromatic N) is 2. The summed E-state index contributed by atoms with van der Waals surface area (Å²) in [4.78, 5) is 38.1. The van der Waals surface area contributed by atoms with Crippen molar-refractivity contribution in [3.8, 4) is 0 Å². The van der Waals surface area contributed by atoms with Gasteiger partial charge < -0.3 is 19.5 Å². The van der Waals surface area contributed by atoms with Gasteiger partial charge in [0.2, 0.25) is 11.8 Å². The second kappa shape index (κ2) is 6.23. The molecule has 3 amide bonds. The Morgan fingerprint density at radius 2 is 2.25 bits per heavy atom. The van der Waals surface area contributed by atoms with Crippen LogP contribution in [-0.4, -0.2) is 60.7 Å². The third kappa shape index (κ3) is 3.37. The van der Waals surface area contributed by atoms with Crippen LogP contribution < -0.4 is 5.32 Å². The molecule has 7 heteroatoms. The zero-order valence-corrected chi connectivity index (χ0v) is 11.3. The predicted molar refractivity (Wildman–Crippen MR) is 69.9 cm³/mol. The first kappa shape index (κ1) is 14.1. The second-order valence-electron chi connectivity index (χ2n) is 4.62. The number of carbonyl (C=O) groups is 3. The van der Waals surface area contributed by atoms with E-state index in [4.69, 9.17) is 4.42 Å². The van der Waals surface area contributed by atoms with Gasteiger partial charge in [-0.15, -0.1) is 0 Å². The van der Waals surface area contributed by atoms with Gasteiger partial charge >= 0.3 is 0 Å². The lowest BCUT2D eigenvalue weighted by atomic mass is 10.3. The quantitative estimate of drug-likeness (QED) is 0.823. The van der Waals surface area contributed by atoms with Crippen molar-refractivity contribution in [2.24, 2.45) is 0 Å². The highest BCUT2D eigenvalue weighted by Crippen LogP contribution is 2.05. The van der Waals surface area contributed by atoms with Crippen molar-refractivity contribution in [2.75, 3.05) is 33.2 Å². The molecule has 2 heterocycles. The van der Waals surface area contributed by atoms with Crippen LogP contribution in [0.1, 0.15) is 17.0 Å². The monoisotopic (exact) mass is 279 g/mol. The molecule has 0 aliphatic carbocycles. The minimum atomic E-state index is -0.340. The standard InChI is InChI=1S/C13H17N3O4/c1-15(13(19)10-3-2-8-20-10)9-12(18)16-6-4-11(17)14-5-7-16/h2-3,8H,4-7,9H2,1H3,(H,14,17). The van der Waals surface area contributed by atoms with Gasteiger partial charge in [-0.25, -0.2) is 0 Å². The number of furan rings is 1. The van der Waals surface area contributed by atoms with Crippen LogP contribution in [0.25, 0.3) is 0 Å². The van der Waals surface area contributed by atoms with E-state index in [2.05, 4.69) is 5.32 Å². The Morgan fingerprint density at radius 3 is 2.95 bits per heavy atom. The van der Waals surface area contributed by atoms with Crippen molar-refractivity contribution >= 4 is 17.7 Å². The van der Waals surface area contributed by atoms with Crippen molar-refractivity contribution in [3.05, 3.63) is 24.2 Å². The Morgan fingerprint density at radius 1 is 1.45 bits per heavy atom. The lowest BCUT2D eigenvalue weighted by Gasteiger charge is -2.23. The summed E-state index contributed by atoms with van der Waals surface area (Å²) < 4.78 is 5.01. The van der Waals surface area contributed by atoms with Crippen molar-refractivity contribution in [1.29, 1.82) is 0 Å². The lowest BCUT2D eigenvalue weighted by Crippen LogP contribution is -2.42. The topological polar surface area (TPSA) is 82.9 Å². The smallest absolute Gasteiger partial charge is 0.289 e. The molecule has 1 aromatic heterocycles. The Hall–Kier alpha value is -2.31. The number of rotatable bonds is 3. The zero-order chi connectivity index (χ0) is 14.5. The molecule has 0 unspecified atom stereocenters. The Bertz CT molecular complexity index is 498. The van der Waals surface area contributed by atoms with Crippen LogP contribution in [0.3, 0.4) is 0 Å². The molecule has 108 valence electrons. The largest absolute Gasteiger partial charge is 0.459 e. The summed E-state index contributed by atoms with van der Waals surface area (Å²) in [6.45, 7) is 1.26. The van der Waals surface area contributed by atoms with E-state index in [9.17, 15) is 14.4 Å². The van der Waals surface area contributed by atoms with E-state index in [0.717, 1.165) is 0 Å². The Labute approximate surface area is 116 Å². The van der Waals surface area contributed by atoms with Gasteiger partial charge in [0.05, 0.1) is 12.8 Å². The summed E-state index contributed by atoms with van der Waals surface area (Å²) in [7, 11) is 1.55. The van der Waals surface area contributed by atoms with Crippen LogP contribution in [0, 0.1) is 0 Å². The molecule has 0 spiro atoms. The first-order chi connectivity index (χ1) is 9.58. The molecule has 20 heavy (non-hydrogen) atoms. The molecular formula is C13H17N3O4. The van der Waals surface area contributed by atoms with Crippen LogP contribution in [-0.2, 0) is 9.59 Å². The summed E-state index contributed by atoms with van der Waals surface area (Å²) in [5.74, 6) is -0.371. The summed E-state index contributed by atoms with van der Waals surface area (Å²) in [6, 6.07) is 3.17. The molecule has 2 rings (SSSR count). The van der Waals surface area contributed by atoms with E-state index in [-0.39, 0.29) is 30.0 Å². The fourth-order valence-corrected chi connectivity index (χ4v) is 1.98. The van der Waals surface area contributed by atoms with Crippen LogP contribution >= 0.6 is 0 Å². The Balaban J connectivity index is 1.90. The van der Waals surface area contributed by atoms with Crippen molar-refractivity contribution < 1.29 is 18.8 Å². The molecule has 1 saturated heterocycles. The molecule has 0 bridgehead atoms. The minimum absolute atomic E-state index is 0.0340. The van der Waals surface area contributed by atoms with E-state index < -0.39 is 0 Å². The van der Waals surface area contributed by atoms with Gasteiger partial charge in [-0.3, -0.25) is 14.4 Å². The average Bonchev–Trinajstić information content (AvgIpc) is 2.87. The van der Waals surface area contributed by atoms with Crippen LogP contribution in [0.2, 0.25) is 0 Å². The minimum Gasteiger partial charge on any atom is -0.459 e. The van der Waals surface area contributed by atoms with Gasteiger partial charge in [0.1, 0.15) is 0 Å². The highest BCUT2D eigenvalue weighted by molar-refractivity contribution is 5.94. The molecule has 1 fully saturated rings. The van der Waals surface area contributed by atoms with Gasteiger partial charge in [-0.1, -0.05) is 0 Å². The maximum atomic E-state index is 12.1. The van der Waals surface area contributed by atoms with Crippen molar-refractivity contribution in [3.63, 3.8) is 0 Å². The fraction of sp³-hybridized carbons (Fsp3) is 0.462. The average molecular weight is 279 g/mol. The first-order valence-electron chi connectivity index (χ1n) is 6.41. The fourth-order valence-electron chi connectivity index (χ4n) is 1.98. The lowest BCUT2D eigenvalue weighted by molar-refractivity contribution is -0.131. The molecule has 1 aliphatic heterocycles. The number of hydrogen-bond donors (Lipinski definition) is 1. The third-order valence-electron chi connectivity index (χ3n) is 3.12. The van der Waals surface area contributed by atoms with Gasteiger partial charge in [-0.2, -0.15) is 0 Å². The van der Waals surface area contributed by atoms with E-state index in [1.54, 1.807) is 24.1 Å². The third-order valence-corrected chi connectivity index (χ3v) is 3.12. The molecule has 0 saturated carbocycles. The summed E-state index contributed by atoms with van der Waals surface area (Å²) >= 11 is 0. The molecule has 7 nitrogen and oxygen atoms in total. The normalized spacial score (nSPS) is 15.4. The molecule has 0 radical (unpaired) electrons. The zero-order valence-electron chi connectivity index (χ0n) is 11.3. The maximum absolute atomic E-state index is 12.1. The van der Waals surface area contributed by atoms with Gasteiger partial charge in [-0.05, 0) is 12.1 Å². The van der Waals surface area contributed by atoms with E-state index in [1.165, 1.54) is 11.2 Å². The van der Waals surface area contributed by atoms with Gasteiger partial charge in [0.25, 0.3) is 5.91 Å². The summed E-state index contributed by atoms with van der Waals surface area (Å²) in [5.41, 5.74) is 0. The number of nitrogens with one attached hydrogen (secondary N) is 1. The van der Waals surface area contributed by atoms with Gasteiger partial charge in [0, 0.05) is 33.1 Å². The SMILES string of the molecule is CN(CC(=O)N1CCNC(=O)CC1)C(=O)c1ccco1. The highest BCUT2D eigenvalue weighted by atomic mass is 16.3. The maximum Gasteiger partial charge on any atom is 0.289 e. The van der Waals surface area contributed by atoms with Gasteiger partial charge in [0.15, 0.2) is 5.76 Å². The predicted octanol–water partition coefficient (Wildman–Crippen LogP) is -0.300.